The maximum absolute atomic E-state index is 12.2. The number of amides is 1. The van der Waals surface area contributed by atoms with Gasteiger partial charge < -0.3 is 5.32 Å². The highest BCUT2D eigenvalue weighted by Gasteiger charge is 2.12. The van der Waals surface area contributed by atoms with Crippen LogP contribution in [0.25, 0.3) is 0 Å². The molecule has 2 rings (SSSR count). The van der Waals surface area contributed by atoms with E-state index in [-0.39, 0.29) is 5.91 Å². The van der Waals surface area contributed by atoms with Crippen LogP contribution in [0.3, 0.4) is 0 Å². The average Bonchev–Trinajstić information content (AvgIpc) is 2.79. The number of benzene rings is 1. The lowest BCUT2D eigenvalue weighted by Gasteiger charge is -2.16. The number of aromatic nitrogens is 2. The molecule has 0 aliphatic heterocycles. The van der Waals surface area contributed by atoms with Crippen LogP contribution >= 0.6 is 31.9 Å². The van der Waals surface area contributed by atoms with E-state index in [1.54, 1.807) is 4.68 Å². The number of aryl methyl sites for hydroxylation is 2. The van der Waals surface area contributed by atoms with Crippen LogP contribution in [0, 0.1) is 6.92 Å². The molecule has 0 saturated carbocycles. The van der Waals surface area contributed by atoms with Crippen molar-refractivity contribution in [1.82, 2.24) is 14.7 Å². The zero-order valence-corrected chi connectivity index (χ0v) is 15.9. The first kappa shape index (κ1) is 17.2. The third-order valence-corrected chi connectivity index (χ3v) is 4.33. The number of rotatable bonds is 5. The van der Waals surface area contributed by atoms with Gasteiger partial charge in [0.2, 0.25) is 5.91 Å². The SMILES string of the molecule is Cc1cc(Br)c(NC(=O)CN(C)Cc2cnn(C)c2)c(Br)c1. The molecule has 0 spiro atoms. The summed E-state index contributed by atoms with van der Waals surface area (Å²) in [7, 11) is 3.79. The Morgan fingerprint density at radius 3 is 2.55 bits per heavy atom. The fraction of sp³-hybridized carbons (Fsp3) is 0.333. The van der Waals surface area contributed by atoms with Crippen LogP contribution in [-0.4, -0.2) is 34.2 Å². The third-order valence-electron chi connectivity index (χ3n) is 3.08. The predicted octanol–water partition coefficient (Wildman–Crippen LogP) is 3.32. The molecule has 22 heavy (non-hydrogen) atoms. The smallest absolute Gasteiger partial charge is 0.238 e. The molecule has 1 aromatic carbocycles. The lowest BCUT2D eigenvalue weighted by atomic mass is 10.2. The van der Waals surface area contributed by atoms with Crippen molar-refractivity contribution in [2.24, 2.45) is 7.05 Å². The molecule has 118 valence electrons. The summed E-state index contributed by atoms with van der Waals surface area (Å²) < 4.78 is 3.48. The first-order valence-electron chi connectivity index (χ1n) is 6.76. The molecule has 5 nitrogen and oxygen atoms in total. The highest BCUT2D eigenvalue weighted by Crippen LogP contribution is 2.32. The molecule has 0 saturated heterocycles. The fourth-order valence-corrected chi connectivity index (χ4v) is 3.78. The van der Waals surface area contributed by atoms with E-state index in [4.69, 9.17) is 0 Å². The third kappa shape index (κ3) is 4.66. The highest BCUT2D eigenvalue weighted by molar-refractivity contribution is 9.11. The summed E-state index contributed by atoms with van der Waals surface area (Å²) in [6.07, 6.45) is 3.75. The Hall–Kier alpha value is -1.18. The topological polar surface area (TPSA) is 50.2 Å². The normalized spacial score (nSPS) is 11.0. The molecule has 1 aromatic heterocycles. The van der Waals surface area contributed by atoms with Gasteiger partial charge in [-0.25, -0.2) is 0 Å². The van der Waals surface area contributed by atoms with E-state index in [1.165, 1.54) is 0 Å². The van der Waals surface area contributed by atoms with Crippen LogP contribution < -0.4 is 5.32 Å². The number of carbonyl (C=O) groups excluding carboxylic acids is 1. The second-order valence-electron chi connectivity index (χ2n) is 5.35. The molecule has 0 bridgehead atoms. The van der Waals surface area contributed by atoms with Crippen LogP contribution in [-0.2, 0) is 18.4 Å². The number of nitrogens with zero attached hydrogens (tertiary/aromatic N) is 3. The van der Waals surface area contributed by atoms with Gasteiger partial charge in [-0.2, -0.15) is 5.10 Å². The molecule has 2 aromatic rings. The van der Waals surface area contributed by atoms with Crippen molar-refractivity contribution >= 4 is 43.5 Å². The van der Waals surface area contributed by atoms with Crippen LogP contribution in [0.1, 0.15) is 11.1 Å². The Morgan fingerprint density at radius 2 is 2.00 bits per heavy atom. The van der Waals surface area contributed by atoms with Crippen molar-refractivity contribution in [1.29, 1.82) is 0 Å². The van der Waals surface area contributed by atoms with Crippen molar-refractivity contribution in [2.75, 3.05) is 18.9 Å². The second-order valence-corrected chi connectivity index (χ2v) is 7.05. The molecule has 0 unspecified atom stereocenters. The Balaban J connectivity index is 1.95. The Morgan fingerprint density at radius 1 is 1.36 bits per heavy atom. The number of anilines is 1. The highest BCUT2D eigenvalue weighted by atomic mass is 79.9. The molecular formula is C15H18Br2N4O. The van der Waals surface area contributed by atoms with Crippen molar-refractivity contribution in [2.45, 2.75) is 13.5 Å². The monoisotopic (exact) mass is 428 g/mol. The quantitative estimate of drug-likeness (QED) is 0.792. The van der Waals surface area contributed by atoms with Crippen LogP contribution in [0.4, 0.5) is 5.69 Å². The number of likely N-dealkylation sites (N-methyl/N-ethyl adjacent to an activating group) is 1. The standard InChI is InChI=1S/C15H18Br2N4O/c1-10-4-12(16)15(13(17)5-10)19-14(22)9-20(2)7-11-6-18-21(3)8-11/h4-6,8H,7,9H2,1-3H3,(H,19,22). The zero-order valence-electron chi connectivity index (χ0n) is 12.7. The van der Waals surface area contributed by atoms with E-state index in [0.29, 0.717) is 13.1 Å². The molecule has 1 amide bonds. The molecule has 7 heteroatoms. The van der Waals surface area contributed by atoms with Gasteiger partial charge in [0.25, 0.3) is 0 Å². The molecule has 0 aliphatic rings. The van der Waals surface area contributed by atoms with Crippen molar-refractivity contribution < 1.29 is 4.79 Å². The van der Waals surface area contributed by atoms with E-state index >= 15 is 0 Å². The lowest BCUT2D eigenvalue weighted by molar-refractivity contribution is -0.117. The molecular weight excluding hydrogens is 412 g/mol. The maximum Gasteiger partial charge on any atom is 0.238 e. The van der Waals surface area contributed by atoms with E-state index < -0.39 is 0 Å². The van der Waals surface area contributed by atoms with Crippen LogP contribution in [0.15, 0.2) is 33.5 Å². The minimum atomic E-state index is -0.0587. The van der Waals surface area contributed by atoms with Gasteiger partial charge in [-0.05, 0) is 63.5 Å². The number of carbonyl (C=O) groups is 1. The Labute approximate surface area is 146 Å². The molecule has 0 atom stereocenters. The van der Waals surface area contributed by atoms with Crippen LogP contribution in [0.2, 0.25) is 0 Å². The lowest BCUT2D eigenvalue weighted by Crippen LogP contribution is -2.30. The molecule has 0 aliphatic carbocycles. The summed E-state index contributed by atoms with van der Waals surface area (Å²) in [6, 6.07) is 3.94. The molecule has 0 radical (unpaired) electrons. The van der Waals surface area contributed by atoms with E-state index in [1.807, 2.05) is 50.4 Å². The van der Waals surface area contributed by atoms with Crippen LogP contribution in [0.5, 0.6) is 0 Å². The number of hydrogen-bond donors (Lipinski definition) is 1. The van der Waals surface area contributed by atoms with E-state index in [9.17, 15) is 4.79 Å². The zero-order chi connectivity index (χ0) is 16.3. The summed E-state index contributed by atoms with van der Waals surface area (Å²) in [5, 5.41) is 7.06. The maximum atomic E-state index is 12.2. The van der Waals surface area contributed by atoms with Gasteiger partial charge in [-0.15, -0.1) is 0 Å². The number of halogens is 2. The minimum Gasteiger partial charge on any atom is -0.323 e. The van der Waals surface area contributed by atoms with Gasteiger partial charge >= 0.3 is 0 Å². The first-order chi connectivity index (χ1) is 10.3. The summed E-state index contributed by atoms with van der Waals surface area (Å²) in [5.41, 5.74) is 2.95. The van der Waals surface area contributed by atoms with Crippen molar-refractivity contribution in [3.63, 3.8) is 0 Å². The van der Waals surface area contributed by atoms with Crippen molar-refractivity contribution in [3.05, 3.63) is 44.6 Å². The Bertz CT molecular complexity index is 661. The minimum absolute atomic E-state index is 0.0587. The molecule has 1 N–H and O–H groups in total. The van der Waals surface area contributed by atoms with Gasteiger partial charge in [0.1, 0.15) is 0 Å². The average molecular weight is 430 g/mol. The second kappa shape index (κ2) is 7.39. The van der Waals surface area contributed by atoms with E-state index in [2.05, 4.69) is 42.3 Å². The van der Waals surface area contributed by atoms with Gasteiger partial charge in [-0.1, -0.05) is 0 Å². The summed E-state index contributed by atoms with van der Waals surface area (Å²) >= 11 is 6.96. The molecule has 1 heterocycles. The first-order valence-corrected chi connectivity index (χ1v) is 8.35. The van der Waals surface area contributed by atoms with Gasteiger partial charge in [-0.3, -0.25) is 14.4 Å². The van der Waals surface area contributed by atoms with Gasteiger partial charge in [0.05, 0.1) is 18.4 Å². The predicted molar refractivity (Wildman–Crippen MR) is 94.8 cm³/mol. The summed E-state index contributed by atoms with van der Waals surface area (Å²) in [4.78, 5) is 14.1. The van der Waals surface area contributed by atoms with Gasteiger partial charge in [0.15, 0.2) is 0 Å². The Kier molecular flexibility index (Phi) is 5.77. The summed E-state index contributed by atoms with van der Waals surface area (Å²) in [5.74, 6) is -0.0587. The van der Waals surface area contributed by atoms with Gasteiger partial charge in [0, 0.05) is 34.3 Å². The largest absolute Gasteiger partial charge is 0.323 e. The number of hydrogen-bond acceptors (Lipinski definition) is 3. The van der Waals surface area contributed by atoms with E-state index in [0.717, 1.165) is 25.8 Å². The van der Waals surface area contributed by atoms with Crippen molar-refractivity contribution in [3.8, 4) is 0 Å². The summed E-state index contributed by atoms with van der Waals surface area (Å²) in [6.45, 7) is 2.99. The molecule has 0 fully saturated rings. The fourth-order valence-electron chi connectivity index (χ4n) is 2.16. The number of nitrogens with one attached hydrogen (secondary N) is 1.